The van der Waals surface area contributed by atoms with E-state index in [1.54, 1.807) is 77.0 Å². The first-order valence-electron chi connectivity index (χ1n) is 16.0. The van der Waals surface area contributed by atoms with E-state index in [1.165, 1.54) is 79.4 Å². The number of allylic oxidation sites excluding steroid dienone is 2. The molecule has 0 aliphatic heterocycles. The average molecular weight is 447 g/mol. The molecule has 182 valence electrons. The van der Waals surface area contributed by atoms with Gasteiger partial charge in [-0.15, -0.1) is 0 Å². The molecule has 13 fully saturated rings. The van der Waals surface area contributed by atoms with Gasteiger partial charge in [0.15, 0.2) is 0 Å². The topological polar surface area (TPSA) is 0 Å². The van der Waals surface area contributed by atoms with E-state index in [0.29, 0.717) is 0 Å². The van der Waals surface area contributed by atoms with Crippen molar-refractivity contribution in [2.24, 2.45) is 82.9 Å². The fraction of sp³-hybridized carbons (Fsp3) is 0.939. The molecule has 0 aromatic carbocycles. The van der Waals surface area contributed by atoms with Gasteiger partial charge in [0.1, 0.15) is 0 Å². The van der Waals surface area contributed by atoms with Gasteiger partial charge in [0, 0.05) is 0 Å². The quantitative estimate of drug-likeness (QED) is 0.326. The maximum absolute atomic E-state index is 2.41. The first kappa shape index (κ1) is 20.9. The first-order chi connectivity index (χ1) is 16.3. The van der Waals surface area contributed by atoms with Crippen LogP contribution in [0, 0.1) is 82.9 Å². The highest BCUT2D eigenvalue weighted by atomic mass is 15.0. The molecule has 0 unspecified atom stereocenters. The molecule has 33 heavy (non-hydrogen) atoms. The van der Waals surface area contributed by atoms with Crippen LogP contribution in [-0.2, 0) is 0 Å². The van der Waals surface area contributed by atoms with Gasteiger partial charge in [0.25, 0.3) is 0 Å². The third-order valence-electron chi connectivity index (χ3n) is 13.9. The minimum absolute atomic E-state index is 0.972. The minimum Gasteiger partial charge on any atom is -0.0851 e. The SMILES string of the molecule is C12C3C4C1C1C2C3C41.C1=CC2CCC1CC2.C1CC2CCC(C1)CC2.C1CC2CCC1CC2. The molecule has 0 aromatic rings. The van der Waals surface area contributed by atoms with E-state index in [9.17, 15) is 0 Å². The molecule has 0 heteroatoms. The zero-order valence-electron chi connectivity index (χ0n) is 21.3. The van der Waals surface area contributed by atoms with Crippen LogP contribution in [0.25, 0.3) is 0 Å². The van der Waals surface area contributed by atoms with Crippen LogP contribution in [0.15, 0.2) is 12.2 Å². The lowest BCUT2D eigenvalue weighted by molar-refractivity contribution is -0.565. The normalized spacial score (nSPS) is 59.2. The molecule has 0 saturated heterocycles. The summed E-state index contributed by atoms with van der Waals surface area (Å²) in [7, 11) is 0. The van der Waals surface area contributed by atoms with Crippen LogP contribution < -0.4 is 0 Å². The summed E-state index contributed by atoms with van der Waals surface area (Å²) in [4.78, 5) is 0. The Morgan fingerprint density at radius 3 is 0.727 bits per heavy atom. The number of hydrogen-bond donors (Lipinski definition) is 0. The summed E-state index contributed by atoms with van der Waals surface area (Å²) in [6.45, 7) is 0. The van der Waals surface area contributed by atoms with Crippen LogP contribution >= 0.6 is 0 Å². The molecule has 0 atom stereocenters. The lowest BCUT2D eigenvalue weighted by Gasteiger charge is -3.03. The van der Waals surface area contributed by atoms with Crippen molar-refractivity contribution in [3.63, 3.8) is 0 Å². The Bertz CT molecular complexity index is 575. The maximum Gasteiger partial charge on any atom is -0.0233 e. The van der Waals surface area contributed by atoms with Crippen LogP contribution in [0.4, 0.5) is 0 Å². The Morgan fingerprint density at radius 2 is 0.515 bits per heavy atom. The molecule has 15 rings (SSSR count). The lowest BCUT2D eigenvalue weighted by Crippen LogP contribution is -3.00. The second-order valence-corrected chi connectivity index (χ2v) is 15.0. The largest absolute Gasteiger partial charge is 0.0851 e. The zero-order valence-corrected chi connectivity index (χ0v) is 21.3. The Labute approximate surface area is 204 Å². The second kappa shape index (κ2) is 8.13. The summed E-state index contributed by atoms with van der Waals surface area (Å²) in [6, 6.07) is 0. The molecule has 15 aliphatic rings. The van der Waals surface area contributed by atoms with Crippen LogP contribution in [0.3, 0.4) is 0 Å². The first-order valence-corrected chi connectivity index (χ1v) is 16.0. The Hall–Kier alpha value is -0.260. The van der Waals surface area contributed by atoms with Crippen molar-refractivity contribution >= 4 is 0 Å². The molecule has 0 radical (unpaired) electrons. The van der Waals surface area contributed by atoms with Crippen molar-refractivity contribution in [1.29, 1.82) is 0 Å². The van der Waals surface area contributed by atoms with Gasteiger partial charge in [-0.3, -0.25) is 0 Å². The van der Waals surface area contributed by atoms with Crippen molar-refractivity contribution < 1.29 is 0 Å². The average Bonchev–Trinajstić information content (AvgIpc) is 3.31. The highest BCUT2D eigenvalue weighted by molar-refractivity contribution is 5.44. The van der Waals surface area contributed by atoms with E-state index < -0.39 is 0 Å². The van der Waals surface area contributed by atoms with Gasteiger partial charge in [0.2, 0.25) is 0 Å². The maximum atomic E-state index is 2.41. The van der Waals surface area contributed by atoms with Gasteiger partial charge in [-0.2, -0.15) is 0 Å². The van der Waals surface area contributed by atoms with E-state index in [1.807, 2.05) is 0 Å². The third-order valence-corrected chi connectivity index (χ3v) is 13.9. The molecule has 0 aromatic heterocycles. The Morgan fingerprint density at radius 1 is 0.273 bits per heavy atom. The van der Waals surface area contributed by atoms with E-state index in [-0.39, 0.29) is 0 Å². The van der Waals surface area contributed by atoms with Gasteiger partial charge < -0.3 is 0 Å². The van der Waals surface area contributed by atoms with E-state index in [2.05, 4.69) is 12.2 Å². The van der Waals surface area contributed by atoms with Crippen molar-refractivity contribution in [2.75, 3.05) is 0 Å². The number of fused-ring (bicyclic) bond motifs is 9. The fourth-order valence-electron chi connectivity index (χ4n) is 11.9. The van der Waals surface area contributed by atoms with Gasteiger partial charge in [-0.1, -0.05) is 95.6 Å². The van der Waals surface area contributed by atoms with E-state index in [0.717, 1.165) is 35.5 Å². The van der Waals surface area contributed by atoms with Crippen molar-refractivity contribution in [1.82, 2.24) is 0 Å². The van der Waals surface area contributed by atoms with Crippen LogP contribution in [0.2, 0.25) is 0 Å². The summed E-state index contributed by atoms with van der Waals surface area (Å²) in [6.07, 6.45) is 31.0. The summed E-state index contributed by atoms with van der Waals surface area (Å²) in [5.74, 6) is 17.2. The Kier molecular flexibility index (Phi) is 5.15. The van der Waals surface area contributed by atoms with Gasteiger partial charge in [0.05, 0.1) is 0 Å². The predicted molar refractivity (Wildman–Crippen MR) is 136 cm³/mol. The number of rotatable bonds is 0. The highest BCUT2D eigenvalue weighted by Gasteiger charge is 2.97. The summed E-state index contributed by atoms with van der Waals surface area (Å²) >= 11 is 0. The molecule has 0 N–H and O–H groups in total. The van der Waals surface area contributed by atoms with Crippen molar-refractivity contribution in [3.8, 4) is 0 Å². The number of hydrogen-bond acceptors (Lipinski definition) is 0. The summed E-state index contributed by atoms with van der Waals surface area (Å²) in [5, 5.41) is 0. The molecule has 15 aliphatic carbocycles. The lowest BCUT2D eigenvalue weighted by atomic mass is 9.01. The van der Waals surface area contributed by atoms with Crippen molar-refractivity contribution in [2.45, 2.75) is 109 Å². The predicted octanol–water partition coefficient (Wildman–Crippen LogP) is 8.91. The third kappa shape index (κ3) is 3.19. The van der Waals surface area contributed by atoms with Crippen molar-refractivity contribution in [3.05, 3.63) is 12.2 Å². The highest BCUT2D eigenvalue weighted by Crippen LogP contribution is 3.00. The van der Waals surface area contributed by atoms with Gasteiger partial charge in [-0.05, 0) is 109 Å². The molecular weight excluding hydrogens is 396 g/mol. The molecule has 0 heterocycles. The van der Waals surface area contributed by atoms with Gasteiger partial charge in [-0.25, -0.2) is 0 Å². The summed E-state index contributed by atoms with van der Waals surface area (Å²) < 4.78 is 0. The van der Waals surface area contributed by atoms with Crippen LogP contribution in [0.5, 0.6) is 0 Å². The zero-order chi connectivity index (χ0) is 21.5. The minimum atomic E-state index is 0.972. The standard InChI is InChI=1S/C9H16.C8H8.C8H14.C8H12/c1-2-8-4-6-9(3-1)7-5-8;1-2-5-3(1)7-4(1)6(2)8(5)7;2*1-2-8-5-3-7(1)4-6-8/h8-9H,1-7H2;1-8H;7-8H,1-6H2;1-2,7-8H,3-6H2. The molecule has 13 saturated carbocycles. The summed E-state index contributed by atoms with van der Waals surface area (Å²) in [5.41, 5.74) is 0. The smallest absolute Gasteiger partial charge is 0.0233 e. The van der Waals surface area contributed by atoms with Crippen LogP contribution in [0.1, 0.15) is 109 Å². The molecule has 6 bridgehead atoms. The van der Waals surface area contributed by atoms with Crippen LogP contribution in [-0.4, -0.2) is 0 Å². The fourth-order valence-corrected chi connectivity index (χ4v) is 11.9. The second-order valence-electron chi connectivity index (χ2n) is 15.0. The molecular formula is C33H50. The van der Waals surface area contributed by atoms with E-state index >= 15 is 0 Å². The monoisotopic (exact) mass is 446 g/mol. The van der Waals surface area contributed by atoms with Gasteiger partial charge >= 0.3 is 0 Å². The molecule has 0 amide bonds. The Balaban J connectivity index is 0.0000000719. The van der Waals surface area contributed by atoms with E-state index in [4.69, 9.17) is 0 Å². The molecule has 0 nitrogen and oxygen atoms in total. The molecule has 0 spiro atoms.